The number of hydrogen-bond acceptors (Lipinski definition) is 21. The number of nitrogens with one attached hydrogen (secondary N) is 9. The van der Waals surface area contributed by atoms with Crippen LogP contribution in [-0.2, 0) is 80.0 Å². The van der Waals surface area contributed by atoms with E-state index in [9.17, 15) is 97.8 Å². The molecule has 0 saturated carbocycles. The van der Waals surface area contributed by atoms with Crippen molar-refractivity contribution in [3.05, 3.63) is 59.7 Å². The molecule has 0 bridgehead atoms. The van der Waals surface area contributed by atoms with Crippen LogP contribution in [0.4, 0.5) is 0 Å². The number of hydrogen-bond donors (Lipinski definition) is 21. The molecule has 0 fully saturated rings. The minimum Gasteiger partial charge on any atom is -0.508 e. The summed E-state index contributed by atoms with van der Waals surface area (Å²) in [4.78, 5) is 183. The third kappa shape index (κ3) is 26.9. The van der Waals surface area contributed by atoms with Crippen molar-refractivity contribution >= 4 is 82.8 Å². The Morgan fingerprint density at radius 1 is 0.425 bits per heavy atom. The lowest BCUT2D eigenvalue weighted by Gasteiger charge is -2.28. The van der Waals surface area contributed by atoms with Crippen molar-refractivity contribution in [3.8, 4) is 11.5 Å². The number of carbonyl (C=O) groups is 14. The van der Waals surface area contributed by atoms with E-state index in [0.717, 1.165) is 6.92 Å². The fourth-order valence-electron chi connectivity index (χ4n) is 7.94. The van der Waals surface area contributed by atoms with Crippen LogP contribution in [0.25, 0.3) is 0 Å². The number of amides is 13. The monoisotopic (exact) mass is 1230 g/mol. The summed E-state index contributed by atoms with van der Waals surface area (Å²) in [6, 6.07) is -7.80. The van der Waals surface area contributed by atoms with Gasteiger partial charge in [-0.15, -0.1) is 0 Å². The zero-order chi connectivity index (χ0) is 65.7. The summed E-state index contributed by atoms with van der Waals surface area (Å²) in [5.41, 5.74) is 33.1. The van der Waals surface area contributed by atoms with E-state index in [2.05, 4.69) is 47.9 Å². The van der Waals surface area contributed by atoms with Crippen molar-refractivity contribution in [2.75, 3.05) is 19.8 Å². The number of carboxylic acids is 1. The largest absolute Gasteiger partial charge is 0.508 e. The molecule has 480 valence electrons. The molecule has 11 atom stereocenters. The summed E-state index contributed by atoms with van der Waals surface area (Å²) in [5.74, 6) is -17.4. The number of rotatable bonds is 40. The second-order valence-electron chi connectivity index (χ2n) is 19.9. The topological polar surface area (TPSA) is 625 Å². The number of phenolic OH excluding ortho intramolecular Hbond substituents is 2. The molecule has 0 unspecified atom stereocenters. The molecule has 87 heavy (non-hydrogen) atoms. The normalized spacial score (nSPS) is 14.7. The van der Waals surface area contributed by atoms with Gasteiger partial charge < -0.3 is 113 Å². The van der Waals surface area contributed by atoms with Crippen LogP contribution in [0.5, 0.6) is 11.5 Å². The van der Waals surface area contributed by atoms with Gasteiger partial charge >= 0.3 is 5.97 Å². The van der Waals surface area contributed by atoms with Gasteiger partial charge in [-0.1, -0.05) is 30.7 Å². The highest BCUT2D eigenvalue weighted by molar-refractivity contribution is 6.00. The first-order valence-corrected chi connectivity index (χ1v) is 26.9. The average Bonchev–Trinajstić information content (AvgIpc) is 2.99. The standard InChI is InChI=1S/C52H77N15O20/c1-24(70)42(67-50(84)37(23-69)66-48(82)34(20-40(57)75)61-43(77)29(54)4-2-3-17-53)51(85)59-30(13-15-38(55)73)44(78)64-35(21-41(58)76)47(81)62-33(19-26-7-11-28(72)12-8-26)46(80)65-36(22-68)49(83)63-32(18-25-5-9-27(71)10-6-25)45(79)60-31(52(86)87)14-16-39(56)74/h5-12,24,29-37,42,68-72H,2-4,13-23,53-54H2,1H3,(H2,55,73)(H2,56,74)(H2,57,75)(H2,58,76)(H,59,85)(H,60,79)(H,61,77)(H,62,81)(H,63,83)(H,64,78)(H,65,80)(H,66,82)(H,67,84)(H,86,87)/t24-,29+,30+,31+,32+,33+,34+,35+,36+,37+,42+/m1/s1. The molecular formula is C52H77N15O20. The predicted octanol–water partition coefficient (Wildman–Crippen LogP) is -9.57. The Kier molecular flexibility index (Phi) is 31.3. The maximum Gasteiger partial charge on any atom is 0.326 e. The Balaban J connectivity index is 2.46. The molecule has 0 spiro atoms. The highest BCUT2D eigenvalue weighted by atomic mass is 16.4. The quantitative estimate of drug-likeness (QED) is 0.0276. The van der Waals surface area contributed by atoms with Crippen molar-refractivity contribution < 1.29 is 97.8 Å². The molecule has 35 heteroatoms. The lowest BCUT2D eigenvalue weighted by Crippen LogP contribution is -2.62. The van der Waals surface area contributed by atoms with Crippen LogP contribution in [0, 0.1) is 0 Å². The number of aliphatic carboxylic acids is 1. The zero-order valence-corrected chi connectivity index (χ0v) is 47.2. The summed E-state index contributed by atoms with van der Waals surface area (Å²) in [6.45, 7) is -1.08. The van der Waals surface area contributed by atoms with Gasteiger partial charge in [0.15, 0.2) is 0 Å². The fourth-order valence-corrected chi connectivity index (χ4v) is 7.94. The predicted molar refractivity (Wildman–Crippen MR) is 300 cm³/mol. The molecular weight excluding hydrogens is 1150 g/mol. The van der Waals surface area contributed by atoms with E-state index in [4.69, 9.17) is 34.4 Å². The van der Waals surface area contributed by atoms with Gasteiger partial charge in [0.2, 0.25) is 76.8 Å². The number of phenols is 2. The number of aliphatic hydroxyl groups is 3. The van der Waals surface area contributed by atoms with Gasteiger partial charge in [0.05, 0.1) is 38.2 Å². The van der Waals surface area contributed by atoms with Gasteiger partial charge in [-0.3, -0.25) is 62.3 Å². The minimum absolute atomic E-state index is 0.140. The maximum atomic E-state index is 14.2. The second-order valence-corrected chi connectivity index (χ2v) is 19.9. The van der Waals surface area contributed by atoms with E-state index in [0.29, 0.717) is 24.9 Å². The molecule has 0 saturated heterocycles. The summed E-state index contributed by atoms with van der Waals surface area (Å²) in [5, 5.41) is 80.4. The Morgan fingerprint density at radius 2 is 0.759 bits per heavy atom. The highest BCUT2D eigenvalue weighted by Crippen LogP contribution is 2.15. The van der Waals surface area contributed by atoms with Gasteiger partial charge in [0.25, 0.3) is 0 Å². The fraction of sp³-hybridized carbons (Fsp3) is 0.500. The zero-order valence-electron chi connectivity index (χ0n) is 47.2. The van der Waals surface area contributed by atoms with Gasteiger partial charge in [-0.25, -0.2) is 4.79 Å². The molecule has 0 radical (unpaired) electrons. The number of carbonyl (C=O) groups excluding carboxylic acids is 13. The van der Waals surface area contributed by atoms with E-state index >= 15 is 0 Å². The molecule has 2 aromatic rings. The van der Waals surface area contributed by atoms with Crippen molar-refractivity contribution in [1.82, 2.24) is 47.9 Å². The molecule has 0 heterocycles. The Hall–Kier alpha value is -9.58. The lowest BCUT2D eigenvalue weighted by atomic mass is 10.0. The first-order valence-electron chi connectivity index (χ1n) is 26.9. The Morgan fingerprint density at radius 3 is 1.14 bits per heavy atom. The molecule has 0 aliphatic rings. The first kappa shape index (κ1) is 73.5. The van der Waals surface area contributed by atoms with E-state index in [1.807, 2.05) is 0 Å². The third-order valence-electron chi connectivity index (χ3n) is 12.7. The number of aliphatic hydroxyl groups excluding tert-OH is 3. The second kappa shape index (κ2) is 37.0. The number of benzene rings is 2. The first-order chi connectivity index (χ1) is 40.9. The van der Waals surface area contributed by atoms with Crippen LogP contribution in [-0.4, -0.2) is 200 Å². The number of aromatic hydroxyl groups is 2. The molecule has 0 aliphatic heterocycles. The molecule has 0 aromatic heterocycles. The SMILES string of the molecule is C[C@@H](O)[C@H](NC(=O)[C@H](CO)NC(=O)[C@H](CC(N)=O)NC(=O)[C@@H](N)CCCCN)C(=O)N[C@@H](CCC(N)=O)C(=O)N[C@@H](CC(N)=O)C(=O)N[C@@H](Cc1ccc(O)cc1)C(=O)N[C@@H](CO)C(=O)N[C@@H](Cc1ccc(O)cc1)C(=O)N[C@@H](CCC(N)=O)C(=O)O. The van der Waals surface area contributed by atoms with Crippen LogP contribution in [0.2, 0.25) is 0 Å². The van der Waals surface area contributed by atoms with E-state index in [1.165, 1.54) is 48.5 Å². The Bertz CT molecular complexity index is 2750. The van der Waals surface area contributed by atoms with Gasteiger partial charge in [0, 0.05) is 25.7 Å². The Labute approximate surface area is 496 Å². The smallest absolute Gasteiger partial charge is 0.326 e. The van der Waals surface area contributed by atoms with Crippen molar-refractivity contribution in [3.63, 3.8) is 0 Å². The minimum atomic E-state index is -2.06. The van der Waals surface area contributed by atoms with E-state index in [1.54, 1.807) is 0 Å². The molecule has 35 nitrogen and oxygen atoms in total. The van der Waals surface area contributed by atoms with Crippen LogP contribution >= 0.6 is 0 Å². The lowest BCUT2D eigenvalue weighted by molar-refractivity contribution is -0.142. The van der Waals surface area contributed by atoms with Crippen molar-refractivity contribution in [1.29, 1.82) is 0 Å². The number of primary amides is 4. The van der Waals surface area contributed by atoms with E-state index < -0.39 is 207 Å². The molecule has 0 aliphatic carbocycles. The summed E-state index contributed by atoms with van der Waals surface area (Å²) in [7, 11) is 0. The summed E-state index contributed by atoms with van der Waals surface area (Å²) >= 11 is 0. The van der Waals surface area contributed by atoms with Crippen LogP contribution in [0.1, 0.15) is 75.8 Å². The molecule has 27 N–H and O–H groups in total. The number of nitrogens with two attached hydrogens (primary N) is 6. The summed E-state index contributed by atoms with van der Waals surface area (Å²) in [6.07, 6.45) is -5.71. The van der Waals surface area contributed by atoms with Crippen LogP contribution < -0.4 is 82.3 Å². The van der Waals surface area contributed by atoms with E-state index in [-0.39, 0.29) is 29.9 Å². The average molecular weight is 1230 g/mol. The van der Waals surface area contributed by atoms with Crippen LogP contribution in [0.15, 0.2) is 48.5 Å². The maximum absolute atomic E-state index is 14.2. The highest BCUT2D eigenvalue weighted by Gasteiger charge is 2.37. The van der Waals surface area contributed by atoms with Crippen molar-refractivity contribution in [2.45, 2.75) is 144 Å². The molecule has 13 amide bonds. The van der Waals surface area contributed by atoms with Gasteiger partial charge in [-0.2, -0.15) is 0 Å². The van der Waals surface area contributed by atoms with Gasteiger partial charge in [-0.05, 0) is 74.5 Å². The number of carboxylic acid groups (broad SMARTS) is 1. The summed E-state index contributed by atoms with van der Waals surface area (Å²) < 4.78 is 0. The van der Waals surface area contributed by atoms with Crippen molar-refractivity contribution in [2.24, 2.45) is 34.4 Å². The molecule has 2 rings (SSSR count). The van der Waals surface area contributed by atoms with Gasteiger partial charge in [0.1, 0.15) is 65.9 Å². The third-order valence-corrected chi connectivity index (χ3v) is 12.7. The number of unbranched alkanes of at least 4 members (excludes halogenated alkanes) is 1. The molecule has 2 aromatic carbocycles. The van der Waals surface area contributed by atoms with Crippen LogP contribution in [0.3, 0.4) is 0 Å².